The molecular weight excluding hydrogens is 316 g/mol. The van der Waals surface area contributed by atoms with Gasteiger partial charge in [-0.2, -0.15) is 0 Å². The van der Waals surface area contributed by atoms with Crippen molar-refractivity contribution in [2.75, 3.05) is 13.2 Å². The largest absolute Gasteiger partial charge is 0.449 e. The van der Waals surface area contributed by atoms with Gasteiger partial charge in [-0.3, -0.25) is 4.79 Å². The number of carbonyl (C=O) groups is 2. The summed E-state index contributed by atoms with van der Waals surface area (Å²) in [4.78, 5) is 26.1. The van der Waals surface area contributed by atoms with E-state index in [1.807, 2.05) is 30.3 Å². The topological polar surface area (TPSA) is 58.6 Å². The molecule has 1 heterocycles. The molecule has 3 rings (SSSR count). The zero-order valence-corrected chi connectivity index (χ0v) is 14.8. The highest BCUT2D eigenvalue weighted by molar-refractivity contribution is 5.79. The zero-order valence-electron chi connectivity index (χ0n) is 14.8. The Labute approximate surface area is 149 Å². The molecule has 1 saturated heterocycles. The van der Waals surface area contributed by atoms with Gasteiger partial charge in [0.05, 0.1) is 6.61 Å². The van der Waals surface area contributed by atoms with E-state index in [1.54, 1.807) is 0 Å². The highest BCUT2D eigenvalue weighted by atomic mass is 16.5. The fourth-order valence-electron chi connectivity index (χ4n) is 4.17. The smallest absolute Gasteiger partial charge is 0.407 e. The van der Waals surface area contributed by atoms with E-state index in [2.05, 4.69) is 10.2 Å². The van der Waals surface area contributed by atoms with Crippen molar-refractivity contribution in [3.63, 3.8) is 0 Å². The monoisotopic (exact) mass is 344 g/mol. The second kappa shape index (κ2) is 8.37. The maximum Gasteiger partial charge on any atom is 0.407 e. The maximum atomic E-state index is 12.2. The van der Waals surface area contributed by atoms with Gasteiger partial charge in [0.25, 0.3) is 0 Å². The minimum Gasteiger partial charge on any atom is -0.449 e. The van der Waals surface area contributed by atoms with Crippen LogP contribution in [0.1, 0.15) is 56.9 Å². The van der Waals surface area contributed by atoms with Crippen molar-refractivity contribution < 1.29 is 14.3 Å². The van der Waals surface area contributed by atoms with Gasteiger partial charge in [-0.15, -0.1) is 0 Å². The van der Waals surface area contributed by atoms with E-state index >= 15 is 0 Å². The first-order chi connectivity index (χ1) is 12.2. The van der Waals surface area contributed by atoms with Crippen molar-refractivity contribution in [3.05, 3.63) is 35.9 Å². The molecule has 5 nitrogen and oxygen atoms in total. The summed E-state index contributed by atoms with van der Waals surface area (Å²) in [6, 6.07) is 9.75. The molecule has 0 unspecified atom stereocenters. The van der Waals surface area contributed by atoms with Crippen LogP contribution in [-0.2, 0) is 16.1 Å². The van der Waals surface area contributed by atoms with Gasteiger partial charge in [-0.25, -0.2) is 4.79 Å². The third kappa shape index (κ3) is 4.53. The van der Waals surface area contributed by atoms with E-state index in [1.165, 1.54) is 19.3 Å². The summed E-state index contributed by atoms with van der Waals surface area (Å²) in [6.07, 6.45) is 7.99. The minimum absolute atomic E-state index is 0.102. The van der Waals surface area contributed by atoms with Gasteiger partial charge >= 0.3 is 6.09 Å². The highest BCUT2D eigenvalue weighted by Crippen LogP contribution is 2.42. The zero-order chi connectivity index (χ0) is 17.5. The van der Waals surface area contributed by atoms with Crippen molar-refractivity contribution in [1.82, 2.24) is 10.2 Å². The number of benzene rings is 1. The maximum absolute atomic E-state index is 12.2. The lowest BCUT2D eigenvalue weighted by atomic mass is 9.80. The fraction of sp³-hybridized carbons (Fsp3) is 0.600. The molecule has 1 N–H and O–H groups in total. The molecule has 2 aliphatic rings. The molecule has 0 radical (unpaired) electrons. The number of nitrogens with zero attached hydrogens (tertiary/aromatic N) is 1. The molecule has 1 spiro atoms. The molecule has 1 aromatic rings. The fourth-order valence-corrected chi connectivity index (χ4v) is 4.17. The molecule has 1 aliphatic heterocycles. The van der Waals surface area contributed by atoms with Gasteiger partial charge in [0.15, 0.2) is 0 Å². The Morgan fingerprint density at radius 1 is 1.12 bits per heavy atom. The number of carbonyl (C=O) groups excluding carboxylic acids is 2. The number of likely N-dealkylation sites (tertiary alicyclic amines) is 1. The van der Waals surface area contributed by atoms with E-state index in [-0.39, 0.29) is 11.4 Å². The van der Waals surface area contributed by atoms with E-state index in [9.17, 15) is 9.59 Å². The van der Waals surface area contributed by atoms with Crippen LogP contribution in [0.15, 0.2) is 30.3 Å². The standard InChI is InChI=1S/C20H28N2O3/c23-18-10-13-20(11-5-2-6-12-20)22(18)14-7-15-25-19(24)21-16-17-8-3-1-4-9-17/h1,3-4,8-9H,2,5-7,10-16H2,(H,21,24). The molecule has 25 heavy (non-hydrogen) atoms. The van der Waals surface area contributed by atoms with E-state index in [4.69, 9.17) is 4.74 Å². The molecule has 1 aliphatic carbocycles. The van der Waals surface area contributed by atoms with Gasteiger partial charge in [0.2, 0.25) is 5.91 Å². The van der Waals surface area contributed by atoms with Crippen LogP contribution in [0.25, 0.3) is 0 Å². The predicted octanol–water partition coefficient (Wildman–Crippen LogP) is 3.63. The number of rotatable bonds is 6. The first-order valence-electron chi connectivity index (χ1n) is 9.45. The van der Waals surface area contributed by atoms with Gasteiger partial charge < -0.3 is 15.0 Å². The molecule has 2 fully saturated rings. The van der Waals surface area contributed by atoms with Crippen LogP contribution in [0.2, 0.25) is 0 Å². The van der Waals surface area contributed by atoms with Crippen molar-refractivity contribution >= 4 is 12.0 Å². The summed E-state index contributed by atoms with van der Waals surface area (Å²) < 4.78 is 5.25. The summed E-state index contributed by atoms with van der Waals surface area (Å²) in [6.45, 7) is 1.51. The first-order valence-corrected chi connectivity index (χ1v) is 9.45. The Morgan fingerprint density at radius 3 is 2.64 bits per heavy atom. The summed E-state index contributed by atoms with van der Waals surface area (Å²) >= 11 is 0. The summed E-state index contributed by atoms with van der Waals surface area (Å²) in [5.74, 6) is 0.274. The lowest BCUT2D eigenvalue weighted by Crippen LogP contribution is -2.47. The Hall–Kier alpha value is -2.04. The van der Waals surface area contributed by atoms with Crippen LogP contribution < -0.4 is 5.32 Å². The number of alkyl carbamates (subject to hydrolysis) is 1. The SMILES string of the molecule is O=C(NCc1ccccc1)OCCCN1C(=O)CCC12CCCCC2. The van der Waals surface area contributed by atoms with Crippen molar-refractivity contribution in [1.29, 1.82) is 0 Å². The second-order valence-electron chi connectivity index (χ2n) is 7.16. The number of hydrogen-bond donors (Lipinski definition) is 1. The summed E-state index contributed by atoms with van der Waals surface area (Å²) in [5, 5.41) is 2.75. The quantitative estimate of drug-likeness (QED) is 0.802. The Bertz CT molecular complexity index is 582. The lowest BCUT2D eigenvalue weighted by Gasteiger charge is -2.41. The third-order valence-corrected chi connectivity index (χ3v) is 5.50. The van der Waals surface area contributed by atoms with E-state index in [0.717, 1.165) is 24.8 Å². The molecule has 0 bridgehead atoms. The second-order valence-corrected chi connectivity index (χ2v) is 7.16. The van der Waals surface area contributed by atoms with Crippen molar-refractivity contribution in [3.8, 4) is 0 Å². The average Bonchev–Trinajstić information content (AvgIpc) is 2.94. The van der Waals surface area contributed by atoms with Crippen molar-refractivity contribution in [2.24, 2.45) is 0 Å². The van der Waals surface area contributed by atoms with Crippen LogP contribution in [0.5, 0.6) is 0 Å². The predicted molar refractivity (Wildman–Crippen MR) is 96.0 cm³/mol. The molecule has 0 atom stereocenters. The Morgan fingerprint density at radius 2 is 1.88 bits per heavy atom. The number of nitrogens with one attached hydrogen (secondary N) is 1. The molecule has 5 heteroatoms. The molecule has 2 amide bonds. The number of amides is 2. The van der Waals surface area contributed by atoms with Gasteiger partial charge in [-0.1, -0.05) is 49.6 Å². The molecule has 136 valence electrons. The summed E-state index contributed by atoms with van der Waals surface area (Å²) in [7, 11) is 0. The van der Waals surface area contributed by atoms with Crippen LogP contribution in [0.3, 0.4) is 0 Å². The van der Waals surface area contributed by atoms with Crippen LogP contribution >= 0.6 is 0 Å². The van der Waals surface area contributed by atoms with Gasteiger partial charge in [-0.05, 0) is 31.2 Å². The molecule has 0 aromatic heterocycles. The average molecular weight is 344 g/mol. The first kappa shape index (κ1) is 17.8. The summed E-state index contributed by atoms with van der Waals surface area (Å²) in [5.41, 5.74) is 1.15. The molecule has 1 aromatic carbocycles. The number of hydrogen-bond acceptors (Lipinski definition) is 3. The highest BCUT2D eigenvalue weighted by Gasteiger charge is 2.44. The third-order valence-electron chi connectivity index (χ3n) is 5.50. The van der Waals surface area contributed by atoms with Crippen LogP contribution in [-0.4, -0.2) is 35.6 Å². The van der Waals surface area contributed by atoms with Crippen LogP contribution in [0, 0.1) is 0 Å². The number of ether oxygens (including phenoxy) is 1. The van der Waals surface area contributed by atoms with E-state index < -0.39 is 6.09 Å². The van der Waals surface area contributed by atoms with Gasteiger partial charge in [0, 0.05) is 25.0 Å². The van der Waals surface area contributed by atoms with Gasteiger partial charge in [0.1, 0.15) is 0 Å². The minimum atomic E-state index is -0.399. The van der Waals surface area contributed by atoms with Crippen LogP contribution in [0.4, 0.5) is 4.79 Å². The molecule has 1 saturated carbocycles. The normalized spacial score (nSPS) is 19.2. The van der Waals surface area contributed by atoms with E-state index in [0.29, 0.717) is 32.5 Å². The lowest BCUT2D eigenvalue weighted by molar-refractivity contribution is -0.132. The Balaban J connectivity index is 1.37. The molecular formula is C20H28N2O3. The Kier molecular flexibility index (Phi) is 5.95. The van der Waals surface area contributed by atoms with Crippen molar-refractivity contribution in [2.45, 2.75) is 63.5 Å².